The molecule has 0 aliphatic carbocycles. The summed E-state index contributed by atoms with van der Waals surface area (Å²) >= 11 is 0. The van der Waals surface area contributed by atoms with Crippen LogP contribution in [0.2, 0.25) is 0 Å². The van der Waals surface area contributed by atoms with Crippen LogP contribution in [-0.2, 0) is 17.8 Å². The molecule has 0 atom stereocenters. The van der Waals surface area contributed by atoms with E-state index < -0.39 is 0 Å². The Labute approximate surface area is 97.4 Å². The smallest absolute Gasteiger partial charge is 0.0949 e. The maximum atomic E-state index is 4.98. The van der Waals surface area contributed by atoms with Gasteiger partial charge in [0, 0.05) is 39.5 Å². The summed E-state index contributed by atoms with van der Waals surface area (Å²) in [5.74, 6) is 0. The minimum atomic E-state index is 0.742. The zero-order chi connectivity index (χ0) is 11.8. The van der Waals surface area contributed by atoms with E-state index >= 15 is 0 Å². The topological polar surface area (TPSA) is 42.3 Å². The first-order valence-electron chi connectivity index (χ1n) is 5.57. The van der Waals surface area contributed by atoms with Gasteiger partial charge in [-0.1, -0.05) is 0 Å². The van der Waals surface area contributed by atoms with E-state index in [-0.39, 0.29) is 0 Å². The Morgan fingerprint density at radius 1 is 1.50 bits per heavy atom. The number of hydrogen-bond acceptors (Lipinski definition) is 4. The molecule has 0 aliphatic heterocycles. The number of ether oxygens (including phenoxy) is 1. The van der Waals surface area contributed by atoms with Gasteiger partial charge in [0.25, 0.3) is 0 Å². The molecule has 1 aromatic heterocycles. The molecule has 0 unspecified atom stereocenters. The molecule has 1 heterocycles. The highest BCUT2D eigenvalue weighted by Crippen LogP contribution is 1.98. The van der Waals surface area contributed by atoms with Crippen molar-refractivity contribution < 1.29 is 4.74 Å². The zero-order valence-corrected chi connectivity index (χ0v) is 10.4. The van der Waals surface area contributed by atoms with E-state index in [0.717, 1.165) is 32.8 Å². The Balaban J connectivity index is 2.32. The second-order valence-corrected chi connectivity index (χ2v) is 4.05. The molecular weight excluding hydrogens is 204 g/mol. The lowest BCUT2D eigenvalue weighted by Gasteiger charge is -2.12. The van der Waals surface area contributed by atoms with Crippen LogP contribution < -0.4 is 5.32 Å². The fourth-order valence-corrected chi connectivity index (χ4v) is 1.40. The van der Waals surface area contributed by atoms with Gasteiger partial charge in [-0.2, -0.15) is 0 Å². The molecule has 0 spiro atoms. The summed E-state index contributed by atoms with van der Waals surface area (Å²) in [5, 5.41) is 3.32. The highest BCUT2D eigenvalue weighted by atomic mass is 16.5. The highest BCUT2D eigenvalue weighted by Gasteiger charge is 2.01. The predicted octanol–water partition coefficient (Wildman–Crippen LogP) is 0.181. The molecule has 1 N–H and O–H groups in total. The Morgan fingerprint density at radius 2 is 2.31 bits per heavy atom. The van der Waals surface area contributed by atoms with Gasteiger partial charge in [0.2, 0.25) is 0 Å². The van der Waals surface area contributed by atoms with Gasteiger partial charge in [0.05, 0.1) is 18.6 Å². The van der Waals surface area contributed by atoms with Crippen molar-refractivity contribution in [3.63, 3.8) is 0 Å². The van der Waals surface area contributed by atoms with Gasteiger partial charge in [-0.05, 0) is 14.1 Å². The zero-order valence-electron chi connectivity index (χ0n) is 10.4. The normalized spacial score (nSPS) is 11.2. The molecule has 0 radical (unpaired) electrons. The molecule has 92 valence electrons. The van der Waals surface area contributed by atoms with E-state index in [9.17, 15) is 0 Å². The van der Waals surface area contributed by atoms with Gasteiger partial charge in [-0.25, -0.2) is 4.98 Å². The van der Waals surface area contributed by atoms with Gasteiger partial charge < -0.3 is 19.5 Å². The van der Waals surface area contributed by atoms with Crippen LogP contribution in [0.4, 0.5) is 0 Å². The summed E-state index contributed by atoms with van der Waals surface area (Å²) < 4.78 is 7.16. The van der Waals surface area contributed by atoms with Gasteiger partial charge in [-0.3, -0.25) is 0 Å². The van der Waals surface area contributed by atoms with Crippen molar-refractivity contribution >= 4 is 0 Å². The Kier molecular flexibility index (Phi) is 6.07. The van der Waals surface area contributed by atoms with E-state index in [1.165, 1.54) is 5.69 Å². The summed E-state index contributed by atoms with van der Waals surface area (Å²) in [6, 6.07) is 0. The van der Waals surface area contributed by atoms with Crippen LogP contribution in [0, 0.1) is 0 Å². The number of nitrogens with one attached hydrogen (secondary N) is 1. The second-order valence-electron chi connectivity index (χ2n) is 4.05. The first kappa shape index (κ1) is 13.2. The molecule has 5 heteroatoms. The van der Waals surface area contributed by atoms with Crippen LogP contribution >= 0.6 is 0 Å². The summed E-state index contributed by atoms with van der Waals surface area (Å²) in [5.41, 5.74) is 1.22. The summed E-state index contributed by atoms with van der Waals surface area (Å²) in [6.07, 6.45) is 3.80. The van der Waals surface area contributed by atoms with Crippen molar-refractivity contribution in [1.29, 1.82) is 0 Å². The lowest BCUT2D eigenvalue weighted by atomic mass is 10.4. The molecule has 5 nitrogen and oxygen atoms in total. The summed E-state index contributed by atoms with van der Waals surface area (Å²) in [6.45, 7) is 4.47. The molecule has 0 amide bonds. The van der Waals surface area contributed by atoms with Crippen molar-refractivity contribution in [3.8, 4) is 0 Å². The molecule has 0 saturated heterocycles. The van der Waals surface area contributed by atoms with Crippen molar-refractivity contribution in [2.45, 2.75) is 13.1 Å². The molecule has 0 aliphatic rings. The maximum Gasteiger partial charge on any atom is 0.0949 e. The monoisotopic (exact) mass is 226 g/mol. The molecule has 1 aromatic rings. The van der Waals surface area contributed by atoms with E-state index in [4.69, 9.17) is 4.74 Å². The first-order chi connectivity index (χ1) is 7.74. The second kappa shape index (κ2) is 7.38. The number of aromatic nitrogens is 2. The third-order valence-corrected chi connectivity index (χ3v) is 2.38. The molecule has 0 saturated carbocycles. The number of nitrogens with zero attached hydrogens (tertiary/aromatic N) is 3. The average molecular weight is 226 g/mol. The lowest BCUT2D eigenvalue weighted by Crippen LogP contribution is -2.23. The quantitative estimate of drug-likeness (QED) is 0.642. The van der Waals surface area contributed by atoms with Crippen LogP contribution in [-0.4, -0.2) is 55.4 Å². The van der Waals surface area contributed by atoms with Crippen LogP contribution in [0.1, 0.15) is 5.69 Å². The van der Waals surface area contributed by atoms with Crippen LogP contribution in [0.3, 0.4) is 0 Å². The first-order valence-corrected chi connectivity index (χ1v) is 5.57. The maximum absolute atomic E-state index is 4.98. The molecule has 0 aromatic carbocycles. The molecule has 0 fully saturated rings. The molecule has 16 heavy (non-hydrogen) atoms. The van der Waals surface area contributed by atoms with Crippen molar-refractivity contribution in [2.75, 3.05) is 40.9 Å². The molecule has 1 rings (SSSR count). The fourth-order valence-electron chi connectivity index (χ4n) is 1.40. The van der Waals surface area contributed by atoms with E-state index in [1.54, 1.807) is 7.11 Å². The Morgan fingerprint density at radius 3 is 3.00 bits per heavy atom. The molecule has 0 bridgehead atoms. The fraction of sp³-hybridized carbons (Fsp3) is 0.727. The van der Waals surface area contributed by atoms with Crippen LogP contribution in [0.15, 0.2) is 12.5 Å². The van der Waals surface area contributed by atoms with Gasteiger partial charge in [0.15, 0.2) is 0 Å². The van der Waals surface area contributed by atoms with E-state index in [1.807, 2.05) is 12.5 Å². The standard InChI is InChI=1S/C11H22N4O/c1-14(2)5-6-15-10-13-9-11(15)8-12-4-7-16-3/h9-10,12H,4-8H2,1-3H3. The van der Waals surface area contributed by atoms with E-state index in [0.29, 0.717) is 0 Å². The largest absolute Gasteiger partial charge is 0.383 e. The SMILES string of the molecule is COCCNCc1cncn1CCN(C)C. The predicted molar refractivity (Wildman–Crippen MR) is 64.4 cm³/mol. The third-order valence-electron chi connectivity index (χ3n) is 2.38. The number of rotatable bonds is 8. The minimum Gasteiger partial charge on any atom is -0.383 e. The summed E-state index contributed by atoms with van der Waals surface area (Å²) in [7, 11) is 5.86. The number of likely N-dealkylation sites (N-methyl/N-ethyl adjacent to an activating group) is 1. The van der Waals surface area contributed by atoms with Crippen molar-refractivity contribution in [2.24, 2.45) is 0 Å². The molecular formula is C11H22N4O. The number of imidazole rings is 1. The average Bonchev–Trinajstić information content (AvgIpc) is 2.69. The van der Waals surface area contributed by atoms with E-state index in [2.05, 4.69) is 33.9 Å². The van der Waals surface area contributed by atoms with Crippen molar-refractivity contribution in [1.82, 2.24) is 19.8 Å². The Hall–Kier alpha value is -0.910. The Bertz CT molecular complexity index is 285. The minimum absolute atomic E-state index is 0.742. The van der Waals surface area contributed by atoms with Crippen molar-refractivity contribution in [3.05, 3.63) is 18.2 Å². The third kappa shape index (κ3) is 4.74. The lowest BCUT2D eigenvalue weighted by molar-refractivity contribution is 0.199. The van der Waals surface area contributed by atoms with Crippen LogP contribution in [0.25, 0.3) is 0 Å². The number of hydrogen-bond donors (Lipinski definition) is 1. The highest BCUT2D eigenvalue weighted by molar-refractivity contribution is 4.97. The summed E-state index contributed by atoms with van der Waals surface area (Å²) in [4.78, 5) is 6.34. The van der Waals surface area contributed by atoms with Crippen LogP contribution in [0.5, 0.6) is 0 Å². The number of methoxy groups -OCH3 is 1. The van der Waals surface area contributed by atoms with Gasteiger partial charge >= 0.3 is 0 Å². The van der Waals surface area contributed by atoms with Gasteiger partial charge in [0.1, 0.15) is 0 Å². The van der Waals surface area contributed by atoms with Gasteiger partial charge in [-0.15, -0.1) is 0 Å².